The maximum absolute atomic E-state index is 12.2. The standard InChI is InChI=1S/C13H22BrN3O/c1-13(2,3)7-11(18)17-6-5-10(16-4)9(8-17)12(14)15/h15-16H,5-8H2,1-4H3. The number of nitrogens with one attached hydrogen (secondary N) is 2. The number of amides is 1. The van der Waals surface area contributed by atoms with E-state index in [0.29, 0.717) is 17.6 Å². The van der Waals surface area contributed by atoms with Crippen molar-refractivity contribution in [3.63, 3.8) is 0 Å². The minimum absolute atomic E-state index is 0.00611. The van der Waals surface area contributed by atoms with Gasteiger partial charge in [0.2, 0.25) is 5.91 Å². The van der Waals surface area contributed by atoms with E-state index in [4.69, 9.17) is 5.41 Å². The molecule has 0 fully saturated rings. The largest absolute Gasteiger partial charge is 0.391 e. The van der Waals surface area contributed by atoms with E-state index in [9.17, 15) is 4.79 Å². The van der Waals surface area contributed by atoms with Crippen molar-refractivity contribution in [3.05, 3.63) is 11.3 Å². The van der Waals surface area contributed by atoms with E-state index in [1.807, 2.05) is 11.9 Å². The van der Waals surface area contributed by atoms with E-state index in [1.165, 1.54) is 0 Å². The second kappa shape index (κ2) is 5.87. The van der Waals surface area contributed by atoms with E-state index >= 15 is 0 Å². The summed E-state index contributed by atoms with van der Waals surface area (Å²) in [6.07, 6.45) is 1.33. The van der Waals surface area contributed by atoms with Gasteiger partial charge in [-0.25, -0.2) is 0 Å². The summed E-state index contributed by atoms with van der Waals surface area (Å²) in [6, 6.07) is 0. The molecule has 5 heteroatoms. The Morgan fingerprint density at radius 1 is 1.50 bits per heavy atom. The highest BCUT2D eigenvalue weighted by molar-refractivity contribution is 9.18. The van der Waals surface area contributed by atoms with Crippen LogP contribution in [0, 0.1) is 10.8 Å². The van der Waals surface area contributed by atoms with E-state index in [2.05, 4.69) is 42.0 Å². The van der Waals surface area contributed by atoms with Crippen LogP contribution < -0.4 is 5.32 Å². The van der Waals surface area contributed by atoms with Gasteiger partial charge < -0.3 is 10.2 Å². The lowest BCUT2D eigenvalue weighted by Gasteiger charge is -2.32. The number of hydrogen-bond donors (Lipinski definition) is 2. The summed E-state index contributed by atoms with van der Waals surface area (Å²) in [5, 5.41) is 10.8. The highest BCUT2D eigenvalue weighted by Crippen LogP contribution is 2.24. The van der Waals surface area contributed by atoms with Gasteiger partial charge in [0.1, 0.15) is 4.62 Å². The Kier molecular flexibility index (Phi) is 4.96. The third kappa shape index (κ3) is 4.12. The van der Waals surface area contributed by atoms with Gasteiger partial charge in [-0.05, 0) is 21.3 Å². The molecule has 1 heterocycles. The number of hydrogen-bond acceptors (Lipinski definition) is 3. The van der Waals surface area contributed by atoms with Crippen LogP contribution in [0.4, 0.5) is 0 Å². The summed E-state index contributed by atoms with van der Waals surface area (Å²) in [5.74, 6) is 0.170. The Bertz CT molecular complexity index is 382. The minimum atomic E-state index is 0.00611. The lowest BCUT2D eigenvalue weighted by atomic mass is 9.91. The second-order valence-electron chi connectivity index (χ2n) is 5.82. The zero-order valence-electron chi connectivity index (χ0n) is 11.6. The lowest BCUT2D eigenvalue weighted by Crippen LogP contribution is -2.41. The number of nitrogens with zero attached hydrogens (tertiary/aromatic N) is 1. The molecule has 102 valence electrons. The fourth-order valence-electron chi connectivity index (χ4n) is 2.02. The van der Waals surface area contributed by atoms with Crippen molar-refractivity contribution in [1.29, 1.82) is 5.41 Å². The van der Waals surface area contributed by atoms with Gasteiger partial charge in [-0.15, -0.1) is 0 Å². The molecule has 0 aromatic heterocycles. The van der Waals surface area contributed by atoms with Crippen molar-refractivity contribution < 1.29 is 4.79 Å². The first kappa shape index (κ1) is 15.2. The Balaban J connectivity index is 2.77. The molecule has 2 N–H and O–H groups in total. The molecule has 0 aromatic rings. The minimum Gasteiger partial charge on any atom is -0.391 e. The van der Waals surface area contributed by atoms with Crippen LogP contribution >= 0.6 is 15.9 Å². The van der Waals surface area contributed by atoms with Crippen molar-refractivity contribution in [2.75, 3.05) is 20.1 Å². The molecule has 1 amide bonds. The van der Waals surface area contributed by atoms with Gasteiger partial charge in [0, 0.05) is 44.2 Å². The van der Waals surface area contributed by atoms with Gasteiger partial charge in [0.15, 0.2) is 0 Å². The molecule has 1 aliphatic rings. The molecule has 0 aliphatic carbocycles. The molecule has 0 radical (unpaired) electrons. The van der Waals surface area contributed by atoms with Crippen LogP contribution in [0.5, 0.6) is 0 Å². The van der Waals surface area contributed by atoms with Gasteiger partial charge in [-0.1, -0.05) is 20.8 Å². The number of rotatable bonds is 3. The Morgan fingerprint density at radius 3 is 2.56 bits per heavy atom. The van der Waals surface area contributed by atoms with Crippen LogP contribution in [-0.4, -0.2) is 35.6 Å². The van der Waals surface area contributed by atoms with Crippen molar-refractivity contribution in [3.8, 4) is 0 Å². The quantitative estimate of drug-likeness (QED) is 0.786. The van der Waals surface area contributed by atoms with E-state index < -0.39 is 0 Å². The molecule has 0 aromatic carbocycles. The smallest absolute Gasteiger partial charge is 0.223 e. The van der Waals surface area contributed by atoms with E-state index in [0.717, 1.165) is 24.2 Å². The van der Waals surface area contributed by atoms with Gasteiger partial charge in [-0.2, -0.15) is 0 Å². The summed E-state index contributed by atoms with van der Waals surface area (Å²) in [6.45, 7) is 7.45. The van der Waals surface area contributed by atoms with Crippen LogP contribution in [0.15, 0.2) is 11.3 Å². The first-order valence-corrected chi connectivity index (χ1v) is 6.96. The third-order valence-corrected chi connectivity index (χ3v) is 3.42. The molecule has 0 spiro atoms. The average Bonchev–Trinajstić information content (AvgIpc) is 2.25. The third-order valence-electron chi connectivity index (χ3n) is 2.95. The number of carbonyl (C=O) groups is 1. The fraction of sp³-hybridized carbons (Fsp3) is 0.692. The molecular weight excluding hydrogens is 294 g/mol. The first-order chi connectivity index (χ1) is 8.24. The van der Waals surface area contributed by atoms with Crippen molar-refractivity contribution in [1.82, 2.24) is 10.2 Å². The molecule has 0 unspecified atom stereocenters. The van der Waals surface area contributed by atoms with Crippen molar-refractivity contribution in [2.45, 2.75) is 33.6 Å². The fourth-order valence-corrected chi connectivity index (χ4v) is 2.38. The second-order valence-corrected chi connectivity index (χ2v) is 6.62. The van der Waals surface area contributed by atoms with Crippen LogP contribution in [0.2, 0.25) is 0 Å². The normalized spacial score (nSPS) is 16.8. The Labute approximate surface area is 117 Å². The summed E-state index contributed by atoms with van der Waals surface area (Å²) in [4.78, 5) is 14.0. The molecule has 4 nitrogen and oxygen atoms in total. The van der Waals surface area contributed by atoms with Crippen molar-refractivity contribution in [2.24, 2.45) is 5.41 Å². The zero-order chi connectivity index (χ0) is 13.9. The number of halogens is 1. The molecule has 18 heavy (non-hydrogen) atoms. The maximum Gasteiger partial charge on any atom is 0.223 e. The molecule has 1 aliphatic heterocycles. The molecule has 0 bridgehead atoms. The summed E-state index contributed by atoms with van der Waals surface area (Å²) >= 11 is 3.20. The zero-order valence-corrected chi connectivity index (χ0v) is 13.1. The Hall–Kier alpha value is -0.840. The van der Waals surface area contributed by atoms with Gasteiger partial charge >= 0.3 is 0 Å². The van der Waals surface area contributed by atoms with E-state index in [1.54, 1.807) is 0 Å². The highest BCUT2D eigenvalue weighted by atomic mass is 79.9. The average molecular weight is 316 g/mol. The molecule has 1 rings (SSSR count). The number of carbonyl (C=O) groups excluding carboxylic acids is 1. The SMILES string of the molecule is CNC1=C(C(=N)Br)CN(C(=O)CC(C)(C)C)CC1. The first-order valence-electron chi connectivity index (χ1n) is 6.16. The topological polar surface area (TPSA) is 56.2 Å². The summed E-state index contributed by atoms with van der Waals surface area (Å²) in [5.41, 5.74) is 1.94. The predicted octanol–water partition coefficient (Wildman–Crippen LogP) is 2.50. The monoisotopic (exact) mass is 315 g/mol. The van der Waals surface area contributed by atoms with E-state index in [-0.39, 0.29) is 11.3 Å². The van der Waals surface area contributed by atoms with Crippen LogP contribution in [0.25, 0.3) is 0 Å². The van der Waals surface area contributed by atoms with Crippen LogP contribution in [-0.2, 0) is 4.79 Å². The molecule has 0 saturated carbocycles. The van der Waals surface area contributed by atoms with Crippen LogP contribution in [0.1, 0.15) is 33.6 Å². The molecule has 0 saturated heterocycles. The Morgan fingerprint density at radius 2 is 2.11 bits per heavy atom. The van der Waals surface area contributed by atoms with Crippen LogP contribution in [0.3, 0.4) is 0 Å². The van der Waals surface area contributed by atoms with Gasteiger partial charge in [0.05, 0.1) is 0 Å². The summed E-state index contributed by atoms with van der Waals surface area (Å²) < 4.78 is 0.361. The maximum atomic E-state index is 12.2. The molecular formula is C13H22BrN3O. The predicted molar refractivity (Wildman–Crippen MR) is 78.0 cm³/mol. The van der Waals surface area contributed by atoms with Gasteiger partial charge in [-0.3, -0.25) is 10.2 Å². The highest BCUT2D eigenvalue weighted by Gasteiger charge is 2.26. The van der Waals surface area contributed by atoms with Crippen molar-refractivity contribution >= 4 is 26.5 Å². The summed E-state index contributed by atoms with van der Waals surface area (Å²) in [7, 11) is 1.86. The van der Waals surface area contributed by atoms with Gasteiger partial charge in [0.25, 0.3) is 0 Å². The lowest BCUT2D eigenvalue weighted by molar-refractivity contribution is -0.132. The molecule has 0 atom stereocenters.